The van der Waals surface area contributed by atoms with Gasteiger partial charge in [0, 0.05) is 32.2 Å². The van der Waals surface area contributed by atoms with Gasteiger partial charge < -0.3 is 19.5 Å². The van der Waals surface area contributed by atoms with E-state index in [1.54, 1.807) is 24.1 Å². The van der Waals surface area contributed by atoms with Crippen LogP contribution in [-0.4, -0.2) is 73.9 Å². The molecule has 2 fully saturated rings. The molecule has 8 nitrogen and oxygen atoms in total. The topological polar surface area (TPSA) is 99.9 Å². The van der Waals surface area contributed by atoms with Crippen molar-refractivity contribution in [2.45, 2.75) is 31.3 Å². The van der Waals surface area contributed by atoms with Crippen LogP contribution >= 0.6 is 0 Å². The highest BCUT2D eigenvalue weighted by molar-refractivity contribution is 7.91. The average Bonchev–Trinajstić information content (AvgIpc) is 3.23. The van der Waals surface area contributed by atoms with Crippen molar-refractivity contribution in [2.75, 3.05) is 31.6 Å². The Morgan fingerprint density at radius 1 is 1.28 bits per heavy atom. The van der Waals surface area contributed by atoms with Crippen molar-refractivity contribution >= 4 is 21.8 Å². The number of carbonyl (C=O) groups is 2. The van der Waals surface area contributed by atoms with Crippen molar-refractivity contribution in [3.05, 3.63) is 24.2 Å². The maximum Gasteiger partial charge on any atom is 0.317 e. The van der Waals surface area contributed by atoms with Gasteiger partial charge in [-0.2, -0.15) is 0 Å². The number of nitrogens with zero attached hydrogens (tertiary/aromatic N) is 2. The summed E-state index contributed by atoms with van der Waals surface area (Å²) >= 11 is 0. The first-order valence-electron chi connectivity index (χ1n) is 8.42. The van der Waals surface area contributed by atoms with E-state index >= 15 is 0 Å². The number of nitrogens with one attached hydrogen (secondary N) is 1. The third-order valence-corrected chi connectivity index (χ3v) is 6.67. The molecule has 2 saturated heterocycles. The minimum Gasteiger partial charge on any atom is -0.459 e. The zero-order chi connectivity index (χ0) is 18.0. The van der Waals surface area contributed by atoms with Crippen LogP contribution in [0.1, 0.15) is 29.8 Å². The van der Waals surface area contributed by atoms with Gasteiger partial charge in [0.05, 0.1) is 17.8 Å². The highest BCUT2D eigenvalue weighted by Gasteiger charge is 2.34. The third kappa shape index (κ3) is 4.15. The Hall–Kier alpha value is -2.03. The van der Waals surface area contributed by atoms with Crippen molar-refractivity contribution in [1.29, 1.82) is 0 Å². The van der Waals surface area contributed by atoms with Crippen molar-refractivity contribution in [2.24, 2.45) is 0 Å². The molecule has 9 heteroatoms. The first-order chi connectivity index (χ1) is 11.9. The van der Waals surface area contributed by atoms with Gasteiger partial charge in [-0.3, -0.25) is 4.79 Å². The number of hydrogen-bond donors (Lipinski definition) is 1. The summed E-state index contributed by atoms with van der Waals surface area (Å²) in [4.78, 5) is 27.8. The normalized spacial score (nSPS) is 23.4. The van der Waals surface area contributed by atoms with E-state index in [1.165, 1.54) is 11.2 Å². The summed E-state index contributed by atoms with van der Waals surface area (Å²) in [5.41, 5.74) is 0. The summed E-state index contributed by atoms with van der Waals surface area (Å²) < 4.78 is 28.2. The Bertz CT molecular complexity index is 723. The van der Waals surface area contributed by atoms with Gasteiger partial charge in [-0.15, -0.1) is 0 Å². The number of likely N-dealkylation sites (tertiary alicyclic amines) is 1. The second-order valence-corrected chi connectivity index (χ2v) is 8.89. The van der Waals surface area contributed by atoms with E-state index in [0.717, 1.165) is 0 Å². The van der Waals surface area contributed by atoms with Gasteiger partial charge in [-0.05, 0) is 31.4 Å². The van der Waals surface area contributed by atoms with Gasteiger partial charge in [0.15, 0.2) is 15.6 Å². The van der Waals surface area contributed by atoms with Gasteiger partial charge in [0.2, 0.25) is 0 Å². The second kappa shape index (κ2) is 7.07. The molecule has 1 aromatic rings. The minimum absolute atomic E-state index is 0.0198. The lowest BCUT2D eigenvalue weighted by Gasteiger charge is -2.33. The van der Waals surface area contributed by atoms with E-state index < -0.39 is 9.84 Å². The zero-order valence-electron chi connectivity index (χ0n) is 14.2. The van der Waals surface area contributed by atoms with E-state index in [2.05, 4.69) is 5.32 Å². The molecule has 3 rings (SSSR count). The fourth-order valence-corrected chi connectivity index (χ4v) is 5.08. The van der Waals surface area contributed by atoms with Gasteiger partial charge in [-0.25, -0.2) is 13.2 Å². The summed E-state index contributed by atoms with van der Waals surface area (Å²) in [6.45, 7) is 1.10. The third-order valence-electron chi connectivity index (χ3n) is 4.92. The number of rotatable bonds is 3. The largest absolute Gasteiger partial charge is 0.459 e. The Kier molecular flexibility index (Phi) is 5.03. The molecule has 2 aliphatic rings. The van der Waals surface area contributed by atoms with Gasteiger partial charge in [0.25, 0.3) is 5.91 Å². The molecule has 138 valence electrons. The molecule has 3 amide bonds. The molecular formula is C16H23N3O5S. The molecular weight excluding hydrogens is 346 g/mol. The predicted octanol–water partition coefficient (Wildman–Crippen LogP) is 0.713. The van der Waals surface area contributed by atoms with E-state index in [4.69, 9.17) is 4.42 Å². The highest BCUT2D eigenvalue weighted by atomic mass is 32.2. The first kappa shape index (κ1) is 17.8. The smallest absolute Gasteiger partial charge is 0.317 e. The lowest BCUT2D eigenvalue weighted by atomic mass is 10.0. The summed E-state index contributed by atoms with van der Waals surface area (Å²) in [5, 5.41) is 2.95. The highest BCUT2D eigenvalue weighted by Crippen LogP contribution is 2.18. The van der Waals surface area contributed by atoms with Gasteiger partial charge in [0.1, 0.15) is 0 Å². The van der Waals surface area contributed by atoms with E-state index in [1.807, 2.05) is 0 Å². The fraction of sp³-hybridized carbons (Fsp3) is 0.625. The van der Waals surface area contributed by atoms with Crippen LogP contribution < -0.4 is 5.32 Å². The maximum absolute atomic E-state index is 12.3. The molecule has 25 heavy (non-hydrogen) atoms. The molecule has 0 aromatic carbocycles. The molecule has 0 saturated carbocycles. The Labute approximate surface area is 147 Å². The monoisotopic (exact) mass is 369 g/mol. The predicted molar refractivity (Wildman–Crippen MR) is 91.0 cm³/mol. The number of amides is 3. The number of sulfone groups is 1. The average molecular weight is 369 g/mol. The number of urea groups is 1. The molecule has 1 aromatic heterocycles. The maximum atomic E-state index is 12.3. The number of furan rings is 1. The van der Waals surface area contributed by atoms with Gasteiger partial charge in [-0.1, -0.05) is 0 Å². The Morgan fingerprint density at radius 3 is 2.56 bits per heavy atom. The van der Waals surface area contributed by atoms with Crippen LogP contribution in [-0.2, 0) is 9.84 Å². The van der Waals surface area contributed by atoms with Crippen LogP contribution in [0, 0.1) is 0 Å². The minimum atomic E-state index is -3.02. The molecule has 3 heterocycles. The Balaban J connectivity index is 1.47. The fourth-order valence-electron chi connectivity index (χ4n) is 3.31. The van der Waals surface area contributed by atoms with Crippen LogP contribution in [0.3, 0.4) is 0 Å². The van der Waals surface area contributed by atoms with Crippen LogP contribution in [0.2, 0.25) is 0 Å². The van der Waals surface area contributed by atoms with Crippen molar-refractivity contribution in [3.63, 3.8) is 0 Å². The SMILES string of the molecule is CN(C(=O)NC1CCN(C(=O)c2ccco2)CC1)[C@@H]1CCS(=O)(=O)C1. The van der Waals surface area contributed by atoms with Crippen LogP contribution in [0.25, 0.3) is 0 Å². The molecule has 2 aliphatic heterocycles. The molecule has 1 N–H and O–H groups in total. The molecule has 0 bridgehead atoms. The molecule has 1 atom stereocenters. The lowest BCUT2D eigenvalue weighted by molar-refractivity contribution is 0.0674. The summed E-state index contributed by atoms with van der Waals surface area (Å²) in [6.07, 6.45) is 3.28. The van der Waals surface area contributed by atoms with Crippen molar-refractivity contribution in [3.8, 4) is 0 Å². The van der Waals surface area contributed by atoms with E-state index in [-0.39, 0.29) is 35.5 Å². The second-order valence-electron chi connectivity index (χ2n) is 6.66. The van der Waals surface area contributed by atoms with Crippen molar-refractivity contribution in [1.82, 2.24) is 15.1 Å². The van der Waals surface area contributed by atoms with Crippen LogP contribution in [0.4, 0.5) is 4.79 Å². The lowest BCUT2D eigenvalue weighted by Crippen LogP contribution is -2.51. The Morgan fingerprint density at radius 2 is 2.00 bits per heavy atom. The van der Waals surface area contributed by atoms with Crippen LogP contribution in [0.15, 0.2) is 22.8 Å². The first-order valence-corrected chi connectivity index (χ1v) is 10.2. The molecule has 0 aliphatic carbocycles. The summed E-state index contributed by atoms with van der Waals surface area (Å²) in [7, 11) is -1.38. The van der Waals surface area contributed by atoms with E-state index in [9.17, 15) is 18.0 Å². The standard InChI is InChI=1S/C16H23N3O5S/c1-18(13-6-10-25(22,23)11-13)16(21)17-12-4-7-19(8-5-12)15(20)14-3-2-9-24-14/h2-3,9,12-13H,4-8,10-11H2,1H3,(H,17,21)/t13-/m1/s1. The van der Waals surface area contributed by atoms with Crippen LogP contribution in [0.5, 0.6) is 0 Å². The number of piperidine rings is 1. The zero-order valence-corrected chi connectivity index (χ0v) is 15.0. The quantitative estimate of drug-likeness (QED) is 0.846. The molecule has 0 unspecified atom stereocenters. The number of carbonyl (C=O) groups excluding carboxylic acids is 2. The number of hydrogen-bond acceptors (Lipinski definition) is 5. The molecule has 0 spiro atoms. The van der Waals surface area contributed by atoms with Gasteiger partial charge >= 0.3 is 6.03 Å². The van der Waals surface area contributed by atoms with E-state index in [0.29, 0.717) is 38.1 Å². The molecule has 0 radical (unpaired) electrons. The summed E-state index contributed by atoms with van der Waals surface area (Å²) in [6, 6.07) is 2.79. The van der Waals surface area contributed by atoms with Crippen molar-refractivity contribution < 1.29 is 22.4 Å². The summed E-state index contributed by atoms with van der Waals surface area (Å²) in [5.74, 6) is 0.364.